The highest BCUT2D eigenvalue weighted by atomic mass is 32.2. The summed E-state index contributed by atoms with van der Waals surface area (Å²) in [4.78, 5) is 27.5. The van der Waals surface area contributed by atoms with E-state index in [-0.39, 0.29) is 53.4 Å². The number of amides is 2. The van der Waals surface area contributed by atoms with E-state index >= 15 is 0 Å². The first-order valence-electron chi connectivity index (χ1n) is 13.0. The Morgan fingerprint density at radius 3 is 2.46 bits per heavy atom. The number of aryl methyl sites for hydroxylation is 1. The summed E-state index contributed by atoms with van der Waals surface area (Å²) in [7, 11) is -0.928. The van der Waals surface area contributed by atoms with Crippen LogP contribution in [0.25, 0.3) is 0 Å². The van der Waals surface area contributed by atoms with Crippen LogP contribution < -0.4 is 10.1 Å². The van der Waals surface area contributed by atoms with Gasteiger partial charge in [-0.3, -0.25) is 9.59 Å². The Labute approximate surface area is 238 Å². The molecule has 1 aromatic heterocycles. The molecule has 11 nitrogen and oxygen atoms in total. The lowest BCUT2D eigenvalue weighted by molar-refractivity contribution is 0.0212. The summed E-state index contributed by atoms with van der Waals surface area (Å²) in [6, 6.07) is 10.0. The Bertz CT molecular complexity index is 1510. The van der Waals surface area contributed by atoms with E-state index in [1.807, 2.05) is 6.92 Å². The highest BCUT2D eigenvalue weighted by Crippen LogP contribution is 2.29. The van der Waals surface area contributed by atoms with Crippen LogP contribution in [0.5, 0.6) is 5.75 Å². The second-order valence-corrected chi connectivity index (χ2v) is 12.0. The van der Waals surface area contributed by atoms with Gasteiger partial charge in [-0.1, -0.05) is 12.1 Å². The van der Waals surface area contributed by atoms with Gasteiger partial charge in [0.2, 0.25) is 10.0 Å². The van der Waals surface area contributed by atoms with Gasteiger partial charge in [-0.05, 0) is 56.2 Å². The molecule has 0 spiro atoms. The quantitative estimate of drug-likeness (QED) is 0.479. The maximum atomic E-state index is 13.7. The molecular formula is C28H33FN4O7S. The molecule has 1 aliphatic rings. The molecule has 13 heteroatoms. The molecule has 3 aromatic rings. The largest absolute Gasteiger partial charge is 0.491 e. The fraction of sp³-hybridized carbons (Fsp3) is 0.393. The molecule has 41 heavy (non-hydrogen) atoms. The summed E-state index contributed by atoms with van der Waals surface area (Å²) < 4.78 is 59.0. The average Bonchev–Trinajstić information content (AvgIpc) is 3.38. The van der Waals surface area contributed by atoms with Gasteiger partial charge >= 0.3 is 0 Å². The van der Waals surface area contributed by atoms with Crippen LogP contribution in [0.1, 0.15) is 40.5 Å². The van der Waals surface area contributed by atoms with Crippen molar-refractivity contribution < 1.29 is 36.4 Å². The molecule has 0 saturated carbocycles. The van der Waals surface area contributed by atoms with Crippen LogP contribution in [-0.2, 0) is 14.8 Å². The zero-order valence-electron chi connectivity index (χ0n) is 23.5. The highest BCUT2D eigenvalue weighted by Gasteiger charge is 2.35. The minimum Gasteiger partial charge on any atom is -0.491 e. The molecule has 0 radical (unpaired) electrons. The monoisotopic (exact) mass is 588 g/mol. The maximum Gasteiger partial charge on any atom is 0.277 e. The topological polar surface area (TPSA) is 131 Å². The lowest BCUT2D eigenvalue weighted by Crippen LogP contribution is -2.48. The Kier molecular flexibility index (Phi) is 9.10. The molecule has 0 aliphatic carbocycles. The van der Waals surface area contributed by atoms with Crippen LogP contribution >= 0.6 is 0 Å². The highest BCUT2D eigenvalue weighted by molar-refractivity contribution is 7.89. The van der Waals surface area contributed by atoms with Crippen molar-refractivity contribution in [3.05, 3.63) is 71.4 Å². The van der Waals surface area contributed by atoms with E-state index in [0.29, 0.717) is 11.4 Å². The summed E-state index contributed by atoms with van der Waals surface area (Å²) in [5.74, 6) is -1.08. The first-order chi connectivity index (χ1) is 19.4. The van der Waals surface area contributed by atoms with Crippen molar-refractivity contribution in [2.75, 3.05) is 39.2 Å². The molecule has 2 heterocycles. The molecule has 2 amide bonds. The Morgan fingerprint density at radius 2 is 1.83 bits per heavy atom. The first kappa shape index (κ1) is 30.2. The number of likely N-dealkylation sites (N-methyl/N-ethyl adjacent to an activating group) is 1. The van der Waals surface area contributed by atoms with E-state index in [4.69, 9.17) is 14.0 Å². The number of rotatable bonds is 5. The number of aromatic nitrogens is 1. The molecule has 220 valence electrons. The van der Waals surface area contributed by atoms with E-state index in [0.717, 1.165) is 12.1 Å². The van der Waals surface area contributed by atoms with Crippen LogP contribution in [0.2, 0.25) is 0 Å². The van der Waals surface area contributed by atoms with Crippen LogP contribution in [-0.4, -0.2) is 80.6 Å². The number of anilines is 1. The van der Waals surface area contributed by atoms with Gasteiger partial charge in [-0.2, -0.15) is 4.31 Å². The Hall–Kier alpha value is -3.81. The van der Waals surface area contributed by atoms with Crippen LogP contribution in [0.15, 0.2) is 57.9 Å². The van der Waals surface area contributed by atoms with E-state index in [1.54, 1.807) is 27.0 Å². The summed E-state index contributed by atoms with van der Waals surface area (Å²) >= 11 is 0. The summed E-state index contributed by atoms with van der Waals surface area (Å²) in [5.41, 5.74) is 0.650. The maximum absolute atomic E-state index is 13.7. The minimum absolute atomic E-state index is 0.0557. The van der Waals surface area contributed by atoms with Gasteiger partial charge in [0.05, 0.1) is 22.6 Å². The third kappa shape index (κ3) is 6.75. The number of methoxy groups -OCH3 is 1. The summed E-state index contributed by atoms with van der Waals surface area (Å²) in [6.07, 6.45) is -0.490. The number of fused-ring (bicyclic) bond motifs is 1. The summed E-state index contributed by atoms with van der Waals surface area (Å²) in [5, 5.41) is 6.41. The van der Waals surface area contributed by atoms with Crippen molar-refractivity contribution in [3.63, 3.8) is 0 Å². The van der Waals surface area contributed by atoms with Gasteiger partial charge in [0.1, 0.15) is 23.9 Å². The number of nitrogens with one attached hydrogen (secondary N) is 1. The third-order valence-corrected chi connectivity index (χ3v) is 8.92. The number of carbonyl (C=O) groups is 2. The van der Waals surface area contributed by atoms with E-state index in [2.05, 4.69) is 10.5 Å². The second-order valence-electron chi connectivity index (χ2n) is 10.1. The zero-order chi connectivity index (χ0) is 29.9. The number of benzene rings is 2. The third-order valence-electron chi connectivity index (χ3n) is 6.93. The normalized spacial score (nSPS) is 20.9. The van der Waals surface area contributed by atoms with Crippen molar-refractivity contribution >= 4 is 27.5 Å². The molecular weight excluding hydrogens is 555 g/mol. The molecule has 1 aliphatic heterocycles. The number of ether oxygens (including phenoxy) is 2. The molecule has 0 unspecified atom stereocenters. The van der Waals surface area contributed by atoms with Crippen molar-refractivity contribution in [2.45, 2.75) is 37.8 Å². The second kappa shape index (κ2) is 12.4. The Balaban J connectivity index is 1.70. The fourth-order valence-electron chi connectivity index (χ4n) is 4.56. The molecule has 0 saturated heterocycles. The molecule has 3 atom stereocenters. The minimum atomic E-state index is -4.06. The Morgan fingerprint density at radius 1 is 1.12 bits per heavy atom. The summed E-state index contributed by atoms with van der Waals surface area (Å²) in [6.45, 7) is 5.32. The molecule has 1 N–H and O–H groups in total. The predicted molar refractivity (Wildman–Crippen MR) is 148 cm³/mol. The number of hydrogen-bond acceptors (Lipinski definition) is 8. The van der Waals surface area contributed by atoms with E-state index in [1.165, 1.54) is 46.6 Å². The van der Waals surface area contributed by atoms with Crippen molar-refractivity contribution in [1.82, 2.24) is 14.4 Å². The van der Waals surface area contributed by atoms with Gasteiger partial charge < -0.3 is 24.2 Å². The van der Waals surface area contributed by atoms with Gasteiger partial charge in [-0.25, -0.2) is 12.8 Å². The fourth-order valence-corrected chi connectivity index (χ4v) is 6.28. The van der Waals surface area contributed by atoms with Crippen LogP contribution in [0.4, 0.5) is 10.1 Å². The zero-order valence-corrected chi connectivity index (χ0v) is 24.3. The molecule has 4 rings (SSSR count). The predicted octanol–water partition coefficient (Wildman–Crippen LogP) is 3.57. The van der Waals surface area contributed by atoms with Crippen LogP contribution in [0.3, 0.4) is 0 Å². The average molecular weight is 589 g/mol. The molecule has 0 fully saturated rings. The van der Waals surface area contributed by atoms with Gasteiger partial charge in [0.15, 0.2) is 5.69 Å². The van der Waals surface area contributed by atoms with E-state index < -0.39 is 33.9 Å². The van der Waals surface area contributed by atoms with Crippen molar-refractivity contribution in [3.8, 4) is 5.75 Å². The first-order valence-corrected chi connectivity index (χ1v) is 14.4. The van der Waals surface area contributed by atoms with E-state index in [9.17, 15) is 22.4 Å². The van der Waals surface area contributed by atoms with Gasteiger partial charge in [0.25, 0.3) is 11.8 Å². The number of nitrogens with zero attached hydrogens (tertiary/aromatic N) is 3. The van der Waals surface area contributed by atoms with Gasteiger partial charge in [-0.15, -0.1) is 0 Å². The van der Waals surface area contributed by atoms with Crippen molar-refractivity contribution in [2.24, 2.45) is 5.92 Å². The number of hydrogen-bond donors (Lipinski definition) is 1. The SMILES string of the molecule is CO[C@@H]1CN(C)C(=O)c2ccc(NC(=O)c3cc(C)on3)cc2OC[C@@H](C)N(S(=O)(=O)c2ccc(F)cc2)C[C@H]1C. The van der Waals surface area contributed by atoms with Crippen molar-refractivity contribution in [1.29, 1.82) is 0 Å². The molecule has 2 aromatic carbocycles. The number of halogens is 1. The lowest BCUT2D eigenvalue weighted by Gasteiger charge is -2.35. The number of sulfonamides is 1. The number of carbonyl (C=O) groups excluding carboxylic acids is 2. The van der Waals surface area contributed by atoms with Crippen LogP contribution in [0, 0.1) is 18.7 Å². The standard InChI is InChI=1S/C28H33FN4O7S/c1-17-14-33(41(36,37)22-9-6-20(29)7-10-22)18(2)16-39-25-13-21(30-27(34)24-12-19(3)40-31-24)8-11-23(25)28(35)32(4)15-26(17)38-5/h6-13,17-18,26H,14-16H2,1-5H3,(H,30,34)/t17-,18-,26-/m1/s1. The lowest BCUT2D eigenvalue weighted by atomic mass is 10.0. The molecule has 0 bridgehead atoms. The van der Waals surface area contributed by atoms with Gasteiger partial charge in [0, 0.05) is 45.1 Å². The smallest absolute Gasteiger partial charge is 0.277 e.